The first-order valence-corrected chi connectivity index (χ1v) is 10.7. The topological polar surface area (TPSA) is 89.0 Å². The van der Waals surface area contributed by atoms with E-state index in [2.05, 4.69) is 38.9 Å². The van der Waals surface area contributed by atoms with E-state index in [1.54, 1.807) is 0 Å². The smallest absolute Gasteiger partial charge is 0.258 e. The lowest BCUT2D eigenvalue weighted by Crippen LogP contribution is -2.46. The van der Waals surface area contributed by atoms with Crippen LogP contribution in [-0.2, 0) is 9.47 Å². The minimum atomic E-state index is -0.611. The van der Waals surface area contributed by atoms with Gasteiger partial charge in [-0.2, -0.15) is 9.97 Å². The van der Waals surface area contributed by atoms with Gasteiger partial charge in [-0.25, -0.2) is 4.39 Å². The first kappa shape index (κ1) is 22.2. The van der Waals surface area contributed by atoms with Crippen LogP contribution in [0.1, 0.15) is 24.2 Å². The summed E-state index contributed by atoms with van der Waals surface area (Å²) in [4.78, 5) is 26.3. The van der Waals surface area contributed by atoms with Gasteiger partial charge in [-0.1, -0.05) is 0 Å². The Morgan fingerprint density at radius 1 is 1.06 bits per heavy atom. The first-order chi connectivity index (χ1) is 15.5. The van der Waals surface area contributed by atoms with Crippen molar-refractivity contribution in [1.29, 1.82) is 0 Å². The van der Waals surface area contributed by atoms with Gasteiger partial charge < -0.3 is 24.0 Å². The van der Waals surface area contributed by atoms with Gasteiger partial charge in [-0.05, 0) is 32.0 Å². The summed E-state index contributed by atoms with van der Waals surface area (Å²) in [6.45, 7) is 7.91. The average Bonchev–Trinajstić information content (AvgIpc) is 2.79. The maximum Gasteiger partial charge on any atom is 0.258 e. The van der Waals surface area contributed by atoms with E-state index in [-0.39, 0.29) is 29.3 Å². The molecule has 2 aromatic rings. The molecule has 10 heteroatoms. The largest absolute Gasteiger partial charge is 0.494 e. The average molecular weight is 445 g/mol. The van der Waals surface area contributed by atoms with E-state index in [1.165, 1.54) is 19.2 Å². The molecular formula is C22H28FN5O4. The Bertz CT molecular complexity index is 935. The molecule has 1 amide bonds. The zero-order valence-electron chi connectivity index (χ0n) is 18.5. The standard InChI is InChI=1S/C22H28FN5O4/c1-14-12-31-8-6-27(14)19-11-20(28-7-9-32-13-15(28)2)25-22(24-19)26-21(29)16-4-5-18(30-3)17(23)10-16/h4-5,10-11,14-15H,6-9,12-13H2,1-3H3,(H,24,25,26,29)/t14-,15-/m0/s1. The molecule has 2 fully saturated rings. The van der Waals surface area contributed by atoms with E-state index < -0.39 is 11.7 Å². The molecule has 2 aliphatic heterocycles. The third kappa shape index (κ3) is 4.76. The number of nitrogens with one attached hydrogen (secondary N) is 1. The highest BCUT2D eigenvalue weighted by molar-refractivity contribution is 6.03. The minimum Gasteiger partial charge on any atom is -0.494 e. The number of morpholine rings is 2. The van der Waals surface area contributed by atoms with E-state index in [0.717, 1.165) is 6.07 Å². The van der Waals surface area contributed by atoms with Crippen LogP contribution < -0.4 is 19.9 Å². The van der Waals surface area contributed by atoms with Gasteiger partial charge in [0.1, 0.15) is 11.6 Å². The Morgan fingerprint density at radius 3 is 2.16 bits per heavy atom. The fourth-order valence-corrected chi connectivity index (χ4v) is 3.89. The van der Waals surface area contributed by atoms with Gasteiger partial charge in [0.05, 0.1) is 45.6 Å². The van der Waals surface area contributed by atoms with E-state index in [1.807, 2.05) is 6.07 Å². The van der Waals surface area contributed by atoms with Crippen LogP contribution in [0.3, 0.4) is 0 Å². The van der Waals surface area contributed by atoms with Gasteiger partial charge in [0.25, 0.3) is 5.91 Å². The SMILES string of the molecule is COc1ccc(C(=O)Nc2nc(N3CCOC[C@@H]3C)cc(N3CCOC[C@@H]3C)n2)cc1F. The summed E-state index contributed by atoms with van der Waals surface area (Å²) in [7, 11) is 1.37. The van der Waals surface area contributed by atoms with Crippen LogP contribution in [0.2, 0.25) is 0 Å². The minimum absolute atomic E-state index is 0.0738. The van der Waals surface area contributed by atoms with Crippen LogP contribution in [0.4, 0.5) is 22.0 Å². The molecule has 1 aromatic heterocycles. The second-order valence-electron chi connectivity index (χ2n) is 7.95. The van der Waals surface area contributed by atoms with Crippen molar-refractivity contribution < 1.29 is 23.4 Å². The fourth-order valence-electron chi connectivity index (χ4n) is 3.89. The highest BCUT2D eigenvalue weighted by Crippen LogP contribution is 2.27. The molecule has 3 heterocycles. The van der Waals surface area contributed by atoms with Gasteiger partial charge in [0.2, 0.25) is 5.95 Å². The van der Waals surface area contributed by atoms with E-state index in [0.29, 0.717) is 51.2 Å². The number of anilines is 3. The number of methoxy groups -OCH3 is 1. The Balaban J connectivity index is 1.65. The van der Waals surface area contributed by atoms with E-state index >= 15 is 0 Å². The lowest BCUT2D eigenvalue weighted by atomic mass is 10.2. The number of rotatable bonds is 5. The molecule has 1 aromatic carbocycles. The highest BCUT2D eigenvalue weighted by atomic mass is 19.1. The predicted octanol–water partition coefficient (Wildman–Crippen LogP) is 2.33. The van der Waals surface area contributed by atoms with Crippen molar-refractivity contribution in [3.8, 4) is 5.75 Å². The molecule has 2 saturated heterocycles. The summed E-state index contributed by atoms with van der Waals surface area (Å²) >= 11 is 0. The summed E-state index contributed by atoms with van der Waals surface area (Å²) in [5.74, 6) is 0.543. The van der Waals surface area contributed by atoms with Crippen molar-refractivity contribution in [2.24, 2.45) is 0 Å². The molecule has 2 aliphatic rings. The molecule has 4 rings (SSSR count). The summed E-state index contributed by atoms with van der Waals surface area (Å²) in [6, 6.07) is 6.24. The van der Waals surface area contributed by atoms with Crippen LogP contribution in [0.25, 0.3) is 0 Å². The number of carbonyl (C=O) groups excluding carboxylic acids is 1. The second kappa shape index (κ2) is 9.66. The molecule has 0 spiro atoms. The van der Waals surface area contributed by atoms with Crippen molar-refractivity contribution in [1.82, 2.24) is 9.97 Å². The second-order valence-corrected chi connectivity index (χ2v) is 7.95. The van der Waals surface area contributed by atoms with Crippen molar-refractivity contribution >= 4 is 23.5 Å². The molecule has 0 bridgehead atoms. The zero-order valence-corrected chi connectivity index (χ0v) is 18.5. The summed E-state index contributed by atoms with van der Waals surface area (Å²) in [6.07, 6.45) is 0. The predicted molar refractivity (Wildman–Crippen MR) is 118 cm³/mol. The maximum absolute atomic E-state index is 14.1. The molecule has 0 aliphatic carbocycles. The third-order valence-corrected chi connectivity index (χ3v) is 5.66. The molecular weight excluding hydrogens is 417 g/mol. The third-order valence-electron chi connectivity index (χ3n) is 5.66. The normalized spacial score (nSPS) is 21.4. The molecule has 0 radical (unpaired) electrons. The Labute approximate surface area is 186 Å². The number of nitrogens with zero attached hydrogens (tertiary/aromatic N) is 4. The number of carbonyl (C=O) groups is 1. The molecule has 1 N–H and O–H groups in total. The number of ether oxygens (including phenoxy) is 3. The fraction of sp³-hybridized carbons (Fsp3) is 0.500. The molecule has 0 saturated carbocycles. The number of hydrogen-bond acceptors (Lipinski definition) is 8. The zero-order chi connectivity index (χ0) is 22.7. The lowest BCUT2D eigenvalue weighted by molar-refractivity contribution is 0.0977. The summed E-state index contributed by atoms with van der Waals surface area (Å²) < 4.78 is 30.1. The summed E-state index contributed by atoms with van der Waals surface area (Å²) in [5, 5.41) is 2.73. The van der Waals surface area contributed by atoms with Gasteiger partial charge in [0.15, 0.2) is 11.6 Å². The van der Waals surface area contributed by atoms with E-state index in [4.69, 9.17) is 14.2 Å². The van der Waals surface area contributed by atoms with Crippen molar-refractivity contribution in [2.45, 2.75) is 25.9 Å². The van der Waals surface area contributed by atoms with Crippen LogP contribution in [0.15, 0.2) is 24.3 Å². The van der Waals surface area contributed by atoms with Crippen LogP contribution in [-0.4, -0.2) is 74.6 Å². The van der Waals surface area contributed by atoms with E-state index in [9.17, 15) is 9.18 Å². The Morgan fingerprint density at radius 2 is 1.66 bits per heavy atom. The number of hydrogen-bond donors (Lipinski definition) is 1. The van der Waals surface area contributed by atoms with Crippen LogP contribution in [0, 0.1) is 5.82 Å². The van der Waals surface area contributed by atoms with Gasteiger partial charge in [-0.3, -0.25) is 10.1 Å². The van der Waals surface area contributed by atoms with Crippen molar-refractivity contribution in [3.05, 3.63) is 35.6 Å². The molecule has 9 nitrogen and oxygen atoms in total. The van der Waals surface area contributed by atoms with Gasteiger partial charge >= 0.3 is 0 Å². The molecule has 2 atom stereocenters. The number of halogens is 1. The Hall–Kier alpha value is -2.98. The lowest BCUT2D eigenvalue weighted by Gasteiger charge is -2.37. The molecule has 32 heavy (non-hydrogen) atoms. The molecule has 0 unspecified atom stereocenters. The van der Waals surface area contributed by atoms with Gasteiger partial charge in [-0.15, -0.1) is 0 Å². The Kier molecular flexibility index (Phi) is 6.71. The summed E-state index contributed by atoms with van der Waals surface area (Å²) in [5.41, 5.74) is 0.151. The maximum atomic E-state index is 14.1. The molecule has 172 valence electrons. The number of aromatic nitrogens is 2. The monoisotopic (exact) mass is 445 g/mol. The van der Waals surface area contributed by atoms with Crippen LogP contribution >= 0.6 is 0 Å². The van der Waals surface area contributed by atoms with Crippen molar-refractivity contribution in [3.63, 3.8) is 0 Å². The quantitative estimate of drug-likeness (QED) is 0.750. The van der Waals surface area contributed by atoms with Crippen LogP contribution in [0.5, 0.6) is 5.75 Å². The first-order valence-electron chi connectivity index (χ1n) is 10.7. The number of benzene rings is 1. The van der Waals surface area contributed by atoms with Gasteiger partial charge in [0, 0.05) is 24.7 Å². The van der Waals surface area contributed by atoms with Crippen molar-refractivity contribution in [2.75, 3.05) is 61.7 Å². The highest BCUT2D eigenvalue weighted by Gasteiger charge is 2.26. The number of amides is 1.